The van der Waals surface area contributed by atoms with Crippen molar-refractivity contribution in [2.24, 2.45) is 0 Å². The Kier molecular flexibility index (Phi) is 6.27. The predicted molar refractivity (Wildman–Crippen MR) is 107 cm³/mol. The molecule has 0 saturated carbocycles. The van der Waals surface area contributed by atoms with Crippen LogP contribution in [0.1, 0.15) is 41.0 Å². The minimum atomic E-state index is -3.78. The predicted octanol–water partition coefficient (Wildman–Crippen LogP) is 1.59. The minimum Gasteiger partial charge on any atom is -0.444 e. The van der Waals surface area contributed by atoms with E-state index in [1.54, 1.807) is 46.8 Å². The number of anilines is 1. The van der Waals surface area contributed by atoms with Crippen molar-refractivity contribution in [3.8, 4) is 0 Å². The molecule has 1 aromatic rings. The maximum Gasteiger partial charge on any atom is 0.408 e. The van der Waals surface area contributed by atoms with Crippen molar-refractivity contribution in [1.29, 1.82) is 0 Å². The number of ether oxygens (including phenoxy) is 1. The Hall–Kier alpha value is -2.62. The number of para-hydroxylation sites is 1. The van der Waals surface area contributed by atoms with Gasteiger partial charge >= 0.3 is 6.09 Å². The average molecular weight is 426 g/mol. The van der Waals surface area contributed by atoms with Gasteiger partial charge in [0.25, 0.3) is 0 Å². The summed E-state index contributed by atoms with van der Waals surface area (Å²) in [7, 11) is -3.78. The molecular formula is C19H27N3O6S. The summed E-state index contributed by atoms with van der Waals surface area (Å²) in [6, 6.07) is 4.81. The van der Waals surface area contributed by atoms with Gasteiger partial charge in [-0.2, -0.15) is 0 Å². The lowest BCUT2D eigenvalue weighted by Crippen LogP contribution is -2.52. The van der Waals surface area contributed by atoms with Crippen LogP contribution in [0, 0.1) is 0 Å². The van der Waals surface area contributed by atoms with Gasteiger partial charge in [0.1, 0.15) is 11.6 Å². The third kappa shape index (κ3) is 6.45. The highest BCUT2D eigenvalue weighted by Crippen LogP contribution is 2.25. The lowest BCUT2D eigenvalue weighted by Gasteiger charge is -2.28. The van der Waals surface area contributed by atoms with E-state index in [-0.39, 0.29) is 17.0 Å². The maximum atomic E-state index is 12.6. The van der Waals surface area contributed by atoms with Gasteiger partial charge in [-0.05, 0) is 46.8 Å². The van der Waals surface area contributed by atoms with E-state index in [0.29, 0.717) is 0 Å². The van der Waals surface area contributed by atoms with Gasteiger partial charge in [-0.25, -0.2) is 13.2 Å². The van der Waals surface area contributed by atoms with Crippen LogP contribution >= 0.6 is 0 Å². The molecule has 160 valence electrons. The van der Waals surface area contributed by atoms with Gasteiger partial charge in [0.2, 0.25) is 11.8 Å². The van der Waals surface area contributed by atoms with Gasteiger partial charge in [-0.15, -0.1) is 0 Å². The van der Waals surface area contributed by atoms with Crippen molar-refractivity contribution >= 4 is 33.4 Å². The van der Waals surface area contributed by atoms with Crippen molar-refractivity contribution in [3.63, 3.8) is 0 Å². The molecule has 0 radical (unpaired) electrons. The standard InChI is InChI=1S/C19H27N3O6S/c1-18(2,3)28-17(25)22-19(4,5)10-15(23)20-13-11-29(26,27)14-9-7-6-8-12(14)21-16(13)24/h6-9,13H,10-11H2,1-5H3,(H,20,23)(H,21,24)(H,22,25)/t13-/m1/s1. The molecule has 3 N–H and O–H groups in total. The lowest BCUT2D eigenvalue weighted by atomic mass is 10.0. The number of hydrogen-bond donors (Lipinski definition) is 3. The molecule has 0 spiro atoms. The molecule has 0 fully saturated rings. The summed E-state index contributed by atoms with van der Waals surface area (Å²) in [5, 5.41) is 7.58. The molecule has 1 heterocycles. The van der Waals surface area contributed by atoms with Crippen LogP contribution in [-0.2, 0) is 24.2 Å². The second-order valence-corrected chi connectivity index (χ2v) is 10.6. The third-order valence-corrected chi connectivity index (χ3v) is 5.76. The van der Waals surface area contributed by atoms with Crippen molar-refractivity contribution in [1.82, 2.24) is 10.6 Å². The summed E-state index contributed by atoms with van der Waals surface area (Å²) in [6.07, 6.45) is -0.858. The van der Waals surface area contributed by atoms with E-state index in [4.69, 9.17) is 4.74 Å². The number of rotatable bonds is 4. The Balaban J connectivity index is 2.05. The first kappa shape index (κ1) is 22.7. The second kappa shape index (κ2) is 8.02. The van der Waals surface area contributed by atoms with Crippen molar-refractivity contribution < 1.29 is 27.5 Å². The van der Waals surface area contributed by atoms with Gasteiger partial charge < -0.3 is 20.7 Å². The number of nitrogens with one attached hydrogen (secondary N) is 3. The number of hydrogen-bond acceptors (Lipinski definition) is 6. The molecule has 29 heavy (non-hydrogen) atoms. The topological polar surface area (TPSA) is 131 Å². The normalized spacial score (nSPS) is 18.7. The second-order valence-electron chi connectivity index (χ2n) is 8.57. The van der Waals surface area contributed by atoms with Crippen molar-refractivity contribution in [2.45, 2.75) is 63.1 Å². The molecule has 0 aliphatic carbocycles. The van der Waals surface area contributed by atoms with Crippen LogP contribution in [0.15, 0.2) is 29.2 Å². The lowest BCUT2D eigenvalue weighted by molar-refractivity contribution is -0.126. The van der Waals surface area contributed by atoms with Gasteiger partial charge in [0, 0.05) is 12.0 Å². The Labute approximate surface area is 170 Å². The zero-order valence-corrected chi connectivity index (χ0v) is 18.0. The molecule has 1 aliphatic rings. The molecule has 1 aliphatic heterocycles. The first-order chi connectivity index (χ1) is 13.2. The fourth-order valence-electron chi connectivity index (χ4n) is 2.82. The minimum absolute atomic E-state index is 0.0111. The summed E-state index contributed by atoms with van der Waals surface area (Å²) in [6.45, 7) is 8.40. The number of sulfone groups is 1. The van der Waals surface area contributed by atoms with Crippen LogP contribution in [0.2, 0.25) is 0 Å². The van der Waals surface area contributed by atoms with Gasteiger partial charge in [0.15, 0.2) is 9.84 Å². The Morgan fingerprint density at radius 3 is 2.41 bits per heavy atom. The van der Waals surface area contributed by atoms with Crippen LogP contribution in [-0.4, -0.2) is 49.3 Å². The van der Waals surface area contributed by atoms with Crippen LogP contribution in [0.4, 0.5) is 10.5 Å². The molecule has 3 amide bonds. The Bertz CT molecular complexity index is 918. The molecule has 0 aromatic heterocycles. The van der Waals surface area contributed by atoms with Crippen LogP contribution in [0.25, 0.3) is 0 Å². The van der Waals surface area contributed by atoms with E-state index in [0.717, 1.165) is 0 Å². The third-order valence-electron chi connectivity index (χ3n) is 3.96. The van der Waals surface area contributed by atoms with Gasteiger partial charge in [-0.3, -0.25) is 9.59 Å². The van der Waals surface area contributed by atoms with Gasteiger partial charge in [-0.1, -0.05) is 12.1 Å². The molecule has 0 unspecified atom stereocenters. The number of carbonyl (C=O) groups excluding carboxylic acids is 3. The highest BCUT2D eigenvalue weighted by molar-refractivity contribution is 7.91. The maximum absolute atomic E-state index is 12.6. The van der Waals surface area contributed by atoms with Crippen LogP contribution < -0.4 is 16.0 Å². The SMILES string of the molecule is CC(C)(CC(=O)N[C@@H]1CS(=O)(=O)c2ccccc2NC1=O)NC(=O)OC(C)(C)C. The monoisotopic (exact) mass is 425 g/mol. The molecule has 10 heteroatoms. The number of fused-ring (bicyclic) bond motifs is 1. The molecule has 0 bridgehead atoms. The molecule has 0 saturated heterocycles. The summed E-state index contributed by atoms with van der Waals surface area (Å²) >= 11 is 0. The van der Waals surface area contributed by atoms with E-state index < -0.39 is 50.7 Å². The fraction of sp³-hybridized carbons (Fsp3) is 0.526. The van der Waals surface area contributed by atoms with Crippen LogP contribution in [0.5, 0.6) is 0 Å². The number of amides is 3. The quantitative estimate of drug-likeness (QED) is 0.671. The molecule has 9 nitrogen and oxygen atoms in total. The van der Waals surface area contributed by atoms with Crippen molar-refractivity contribution in [2.75, 3.05) is 11.1 Å². The number of carbonyl (C=O) groups is 3. The highest BCUT2D eigenvalue weighted by Gasteiger charge is 2.35. The molecular weight excluding hydrogens is 398 g/mol. The van der Waals surface area contributed by atoms with E-state index >= 15 is 0 Å². The molecule has 1 atom stereocenters. The average Bonchev–Trinajstić information content (AvgIpc) is 2.59. The fourth-order valence-corrected chi connectivity index (χ4v) is 4.42. The number of benzene rings is 1. The smallest absolute Gasteiger partial charge is 0.408 e. The molecule has 2 rings (SSSR count). The van der Waals surface area contributed by atoms with E-state index in [2.05, 4.69) is 16.0 Å². The molecule has 1 aromatic carbocycles. The van der Waals surface area contributed by atoms with Gasteiger partial charge in [0.05, 0.1) is 16.3 Å². The van der Waals surface area contributed by atoms with Crippen molar-refractivity contribution in [3.05, 3.63) is 24.3 Å². The summed E-state index contributed by atoms with van der Waals surface area (Å²) in [5.74, 6) is -1.75. The van der Waals surface area contributed by atoms with E-state index in [1.165, 1.54) is 12.1 Å². The van der Waals surface area contributed by atoms with Crippen LogP contribution in [0.3, 0.4) is 0 Å². The Morgan fingerprint density at radius 2 is 1.79 bits per heavy atom. The Morgan fingerprint density at radius 1 is 1.17 bits per heavy atom. The first-order valence-corrected chi connectivity index (χ1v) is 10.8. The summed E-state index contributed by atoms with van der Waals surface area (Å²) in [4.78, 5) is 36.8. The summed E-state index contributed by atoms with van der Waals surface area (Å²) < 4.78 is 30.3. The highest BCUT2D eigenvalue weighted by atomic mass is 32.2. The zero-order chi connectivity index (χ0) is 22.0. The zero-order valence-electron chi connectivity index (χ0n) is 17.2. The first-order valence-electron chi connectivity index (χ1n) is 9.12. The van der Waals surface area contributed by atoms with E-state index in [1.807, 2.05) is 0 Å². The number of alkyl carbamates (subject to hydrolysis) is 1. The summed E-state index contributed by atoms with van der Waals surface area (Å²) in [5.41, 5.74) is -1.49. The van der Waals surface area contributed by atoms with E-state index in [9.17, 15) is 22.8 Å². The largest absolute Gasteiger partial charge is 0.444 e.